The second kappa shape index (κ2) is 6.10. The van der Waals surface area contributed by atoms with E-state index in [4.69, 9.17) is 4.74 Å². The van der Waals surface area contributed by atoms with Crippen LogP contribution in [0.25, 0.3) is 21.1 Å². The molecule has 0 aliphatic rings. The van der Waals surface area contributed by atoms with Gasteiger partial charge in [0.1, 0.15) is 4.83 Å². The molecule has 1 atom stereocenters. The van der Waals surface area contributed by atoms with Crippen LogP contribution in [0.3, 0.4) is 0 Å². The lowest BCUT2D eigenvalue weighted by atomic mass is 10.2. The average Bonchev–Trinajstić information content (AvgIpc) is 3.16. The van der Waals surface area contributed by atoms with E-state index in [1.807, 2.05) is 38.1 Å². The summed E-state index contributed by atoms with van der Waals surface area (Å²) in [5, 5.41) is 1.40. The van der Waals surface area contributed by atoms with Crippen molar-refractivity contribution >= 4 is 38.4 Å². The predicted molar refractivity (Wildman–Crippen MR) is 102 cm³/mol. The molecule has 6 nitrogen and oxygen atoms in total. The van der Waals surface area contributed by atoms with Crippen molar-refractivity contribution in [3.63, 3.8) is 0 Å². The zero-order chi connectivity index (χ0) is 18.4. The summed E-state index contributed by atoms with van der Waals surface area (Å²) < 4.78 is 5.54. The van der Waals surface area contributed by atoms with Gasteiger partial charge in [-0.25, -0.2) is 9.78 Å². The first kappa shape index (κ1) is 16.5. The average molecular weight is 367 g/mol. The van der Waals surface area contributed by atoms with E-state index in [-0.39, 0.29) is 5.56 Å². The third-order valence-corrected chi connectivity index (χ3v) is 5.64. The molecule has 0 unspecified atom stereocenters. The van der Waals surface area contributed by atoms with E-state index in [1.54, 1.807) is 13.1 Å². The van der Waals surface area contributed by atoms with Crippen molar-refractivity contribution in [2.24, 2.45) is 0 Å². The van der Waals surface area contributed by atoms with E-state index in [0.717, 1.165) is 21.3 Å². The highest BCUT2D eigenvalue weighted by atomic mass is 32.1. The Morgan fingerprint density at radius 2 is 2.04 bits per heavy atom. The number of hydrogen-bond acceptors (Lipinski definition) is 5. The number of aryl methyl sites for hydroxylation is 2. The molecule has 0 saturated carbocycles. The van der Waals surface area contributed by atoms with Gasteiger partial charge in [-0.05, 0) is 32.4 Å². The number of thiophene rings is 1. The van der Waals surface area contributed by atoms with Crippen LogP contribution in [0, 0.1) is 13.8 Å². The Bertz CT molecular complexity index is 1200. The first-order valence-electron chi connectivity index (χ1n) is 8.22. The number of carbonyl (C=O) groups excluding carboxylic acids is 1. The Morgan fingerprint density at radius 1 is 1.27 bits per heavy atom. The highest BCUT2D eigenvalue weighted by Crippen LogP contribution is 2.27. The first-order valence-corrected chi connectivity index (χ1v) is 9.04. The first-order chi connectivity index (χ1) is 12.5. The van der Waals surface area contributed by atoms with Gasteiger partial charge in [0.05, 0.1) is 10.9 Å². The molecule has 0 radical (unpaired) electrons. The van der Waals surface area contributed by atoms with Gasteiger partial charge >= 0.3 is 5.97 Å². The minimum atomic E-state index is -0.670. The summed E-state index contributed by atoms with van der Waals surface area (Å²) in [5.41, 5.74) is 2.05. The Balaban J connectivity index is 1.66. The van der Waals surface area contributed by atoms with Crippen LogP contribution in [0.4, 0.5) is 0 Å². The van der Waals surface area contributed by atoms with Crippen LogP contribution >= 0.6 is 11.3 Å². The maximum Gasteiger partial charge on any atom is 0.341 e. The number of hydrogen-bond donors (Lipinski definition) is 2. The second-order valence-corrected chi connectivity index (χ2v) is 7.41. The molecule has 26 heavy (non-hydrogen) atoms. The number of fused-ring (bicyclic) bond motifs is 2. The number of rotatable bonds is 3. The van der Waals surface area contributed by atoms with Crippen molar-refractivity contribution in [2.45, 2.75) is 26.9 Å². The quantitative estimate of drug-likeness (QED) is 0.536. The van der Waals surface area contributed by atoms with Crippen LogP contribution in [0.15, 0.2) is 35.3 Å². The molecule has 0 aliphatic carbocycles. The number of nitrogens with zero attached hydrogens (tertiary/aromatic N) is 1. The van der Waals surface area contributed by atoms with E-state index < -0.39 is 12.1 Å². The van der Waals surface area contributed by atoms with Crippen molar-refractivity contribution in [1.29, 1.82) is 0 Å². The summed E-state index contributed by atoms with van der Waals surface area (Å²) in [7, 11) is 0. The molecule has 4 rings (SSSR count). The van der Waals surface area contributed by atoms with Crippen LogP contribution in [0.1, 0.15) is 39.7 Å². The van der Waals surface area contributed by atoms with Gasteiger partial charge in [-0.15, -0.1) is 11.3 Å². The fourth-order valence-corrected chi connectivity index (χ4v) is 4.02. The molecule has 4 aromatic rings. The van der Waals surface area contributed by atoms with E-state index in [1.165, 1.54) is 11.3 Å². The van der Waals surface area contributed by atoms with E-state index in [9.17, 15) is 9.59 Å². The highest BCUT2D eigenvalue weighted by Gasteiger charge is 2.20. The fraction of sp³-hybridized carbons (Fsp3) is 0.211. The second-order valence-electron chi connectivity index (χ2n) is 6.21. The standard InChI is InChI=1S/C19H17N3O3S/c1-9-11(3)26-18-15(9)17(23)21-16(22-18)10(2)25-19(24)13-8-20-14-7-5-4-6-12(13)14/h4-8,10,20H,1-3H3,(H,21,22,23)/t10-/m1/s1. The van der Waals surface area contributed by atoms with Crippen molar-refractivity contribution in [2.75, 3.05) is 0 Å². The predicted octanol–water partition coefficient (Wildman–Crippen LogP) is 4.00. The smallest absolute Gasteiger partial charge is 0.341 e. The molecule has 0 saturated heterocycles. The van der Waals surface area contributed by atoms with Crippen LogP contribution in [-0.4, -0.2) is 20.9 Å². The summed E-state index contributed by atoms with van der Waals surface area (Å²) in [6.45, 7) is 5.57. The van der Waals surface area contributed by atoms with Gasteiger partial charge in [-0.3, -0.25) is 4.79 Å². The molecule has 0 spiro atoms. The van der Waals surface area contributed by atoms with E-state index in [2.05, 4.69) is 15.0 Å². The largest absolute Gasteiger partial charge is 0.451 e. The highest BCUT2D eigenvalue weighted by molar-refractivity contribution is 7.18. The van der Waals surface area contributed by atoms with Gasteiger partial charge in [-0.2, -0.15) is 0 Å². The normalized spacial score (nSPS) is 12.6. The van der Waals surface area contributed by atoms with Gasteiger partial charge in [0.2, 0.25) is 0 Å². The molecular formula is C19H17N3O3S. The molecule has 3 aromatic heterocycles. The fourth-order valence-electron chi connectivity index (χ4n) is 2.98. The number of para-hydroxylation sites is 1. The topological polar surface area (TPSA) is 87.8 Å². The SMILES string of the molecule is Cc1sc2nc([C@@H](C)OC(=O)c3c[nH]c4ccccc34)[nH]c(=O)c2c1C. The molecular weight excluding hydrogens is 350 g/mol. The van der Waals surface area contributed by atoms with Crippen LogP contribution in [0.5, 0.6) is 0 Å². The minimum absolute atomic E-state index is 0.207. The zero-order valence-corrected chi connectivity index (χ0v) is 15.4. The number of ether oxygens (including phenoxy) is 1. The Labute approximate surface area is 152 Å². The van der Waals surface area contributed by atoms with Crippen molar-refractivity contribution in [3.05, 3.63) is 62.6 Å². The number of nitrogens with one attached hydrogen (secondary N) is 2. The lowest BCUT2D eigenvalue weighted by Crippen LogP contribution is -2.17. The maximum atomic E-state index is 12.6. The Morgan fingerprint density at radius 3 is 2.85 bits per heavy atom. The monoisotopic (exact) mass is 367 g/mol. The third kappa shape index (κ3) is 2.61. The number of aromatic nitrogens is 3. The number of esters is 1. The lowest BCUT2D eigenvalue weighted by molar-refractivity contribution is 0.0322. The molecule has 0 fully saturated rings. The minimum Gasteiger partial charge on any atom is -0.451 e. The molecule has 2 N–H and O–H groups in total. The zero-order valence-electron chi connectivity index (χ0n) is 14.5. The molecule has 0 bridgehead atoms. The van der Waals surface area contributed by atoms with E-state index in [0.29, 0.717) is 21.6 Å². The van der Waals surface area contributed by atoms with E-state index >= 15 is 0 Å². The summed E-state index contributed by atoms with van der Waals surface area (Å²) in [6.07, 6.45) is 0.960. The Kier molecular flexibility index (Phi) is 3.88. The lowest BCUT2D eigenvalue weighted by Gasteiger charge is -2.12. The van der Waals surface area contributed by atoms with Gasteiger partial charge in [0, 0.05) is 22.0 Å². The number of benzene rings is 1. The molecule has 0 aliphatic heterocycles. The third-order valence-electron chi connectivity index (χ3n) is 4.54. The number of carbonyl (C=O) groups is 1. The summed E-state index contributed by atoms with van der Waals surface area (Å²) in [5.74, 6) is -0.117. The number of H-pyrrole nitrogens is 2. The van der Waals surface area contributed by atoms with Gasteiger partial charge in [0.15, 0.2) is 11.9 Å². The Hall–Kier alpha value is -2.93. The van der Waals surface area contributed by atoms with Crippen molar-refractivity contribution in [3.8, 4) is 0 Å². The molecule has 7 heteroatoms. The van der Waals surface area contributed by atoms with Crippen LogP contribution in [-0.2, 0) is 4.74 Å². The summed E-state index contributed by atoms with van der Waals surface area (Å²) in [6, 6.07) is 7.51. The summed E-state index contributed by atoms with van der Waals surface area (Å²) in [4.78, 5) is 37.0. The molecule has 3 heterocycles. The maximum absolute atomic E-state index is 12.6. The van der Waals surface area contributed by atoms with Crippen molar-refractivity contribution in [1.82, 2.24) is 15.0 Å². The molecule has 0 amide bonds. The van der Waals surface area contributed by atoms with Crippen LogP contribution < -0.4 is 5.56 Å². The van der Waals surface area contributed by atoms with Crippen LogP contribution in [0.2, 0.25) is 0 Å². The summed E-state index contributed by atoms with van der Waals surface area (Å²) >= 11 is 1.47. The molecule has 132 valence electrons. The molecule has 1 aromatic carbocycles. The number of aromatic amines is 2. The van der Waals surface area contributed by atoms with Gasteiger partial charge < -0.3 is 14.7 Å². The van der Waals surface area contributed by atoms with Gasteiger partial charge in [-0.1, -0.05) is 18.2 Å². The van der Waals surface area contributed by atoms with Crippen molar-refractivity contribution < 1.29 is 9.53 Å². The van der Waals surface area contributed by atoms with Gasteiger partial charge in [0.25, 0.3) is 5.56 Å².